The minimum atomic E-state index is -0.149. The van der Waals surface area contributed by atoms with E-state index in [1.54, 1.807) is 6.26 Å². The number of amides is 1. The molecule has 0 saturated heterocycles. The smallest absolute Gasteiger partial charge is 0.221 e. The zero-order valence-electron chi connectivity index (χ0n) is 14.9. The number of carbonyl (C=O) groups is 1. The third kappa shape index (κ3) is 4.03. The van der Waals surface area contributed by atoms with Gasteiger partial charge in [-0.3, -0.25) is 9.89 Å². The quantitative estimate of drug-likeness (QED) is 0.875. The number of hydrogen-bond acceptors (Lipinski definition) is 3. The molecular formula is C18H27N3O2. The Morgan fingerprint density at radius 1 is 1.39 bits per heavy atom. The van der Waals surface area contributed by atoms with Gasteiger partial charge in [-0.25, -0.2) is 0 Å². The number of nitrogens with one attached hydrogen (secondary N) is 2. The lowest BCUT2D eigenvalue weighted by Crippen LogP contribution is -2.36. The van der Waals surface area contributed by atoms with E-state index >= 15 is 0 Å². The highest BCUT2D eigenvalue weighted by Crippen LogP contribution is 2.33. The summed E-state index contributed by atoms with van der Waals surface area (Å²) >= 11 is 0. The summed E-state index contributed by atoms with van der Waals surface area (Å²) in [5, 5.41) is 10.3. The fraction of sp³-hybridized carbons (Fsp3) is 0.556. The average molecular weight is 317 g/mol. The zero-order chi connectivity index (χ0) is 17.2. The van der Waals surface area contributed by atoms with Crippen LogP contribution in [0.25, 0.3) is 0 Å². The molecule has 0 saturated carbocycles. The Morgan fingerprint density at radius 3 is 2.57 bits per heavy atom. The Bertz CT molecular complexity index is 631. The molecule has 0 aliphatic rings. The predicted octanol–water partition coefficient (Wildman–Crippen LogP) is 4.02. The Morgan fingerprint density at radius 2 is 2.09 bits per heavy atom. The minimum absolute atomic E-state index is 0.0221. The third-order valence-corrected chi connectivity index (χ3v) is 4.17. The van der Waals surface area contributed by atoms with Gasteiger partial charge in [-0.2, -0.15) is 5.10 Å². The molecular weight excluding hydrogens is 290 g/mol. The summed E-state index contributed by atoms with van der Waals surface area (Å²) in [6, 6.07) is 3.61. The Balaban J connectivity index is 2.08. The van der Waals surface area contributed by atoms with Crippen molar-refractivity contribution in [1.29, 1.82) is 0 Å². The molecule has 23 heavy (non-hydrogen) atoms. The van der Waals surface area contributed by atoms with Crippen molar-refractivity contribution in [3.8, 4) is 0 Å². The molecule has 5 nitrogen and oxygen atoms in total. The molecule has 0 spiro atoms. The third-order valence-electron chi connectivity index (χ3n) is 4.17. The summed E-state index contributed by atoms with van der Waals surface area (Å²) in [6.45, 7) is 12.3. The van der Waals surface area contributed by atoms with Crippen LogP contribution in [0.4, 0.5) is 0 Å². The highest BCUT2D eigenvalue weighted by atomic mass is 16.3. The zero-order valence-corrected chi connectivity index (χ0v) is 14.9. The molecule has 0 bridgehead atoms. The maximum atomic E-state index is 12.5. The first-order valence-electron chi connectivity index (χ1n) is 8.04. The van der Waals surface area contributed by atoms with Crippen molar-refractivity contribution < 1.29 is 9.21 Å². The average Bonchev–Trinajstić information content (AvgIpc) is 3.05. The van der Waals surface area contributed by atoms with E-state index in [2.05, 4.69) is 43.2 Å². The number of aryl methyl sites for hydroxylation is 2. The fourth-order valence-corrected chi connectivity index (χ4v) is 3.06. The van der Waals surface area contributed by atoms with Crippen LogP contribution in [-0.4, -0.2) is 16.1 Å². The summed E-state index contributed by atoms with van der Waals surface area (Å²) < 4.78 is 5.51. The van der Waals surface area contributed by atoms with Gasteiger partial charge in [-0.1, -0.05) is 27.7 Å². The van der Waals surface area contributed by atoms with Crippen LogP contribution >= 0.6 is 0 Å². The van der Waals surface area contributed by atoms with E-state index < -0.39 is 0 Å². The second-order valence-electron chi connectivity index (χ2n) is 7.33. The summed E-state index contributed by atoms with van der Waals surface area (Å²) in [4.78, 5) is 12.5. The molecule has 2 N–H and O–H groups in total. The van der Waals surface area contributed by atoms with Crippen LogP contribution in [0.2, 0.25) is 0 Å². The predicted molar refractivity (Wildman–Crippen MR) is 90.1 cm³/mol. The van der Waals surface area contributed by atoms with Crippen LogP contribution in [0.5, 0.6) is 0 Å². The topological polar surface area (TPSA) is 70.9 Å². The fourth-order valence-electron chi connectivity index (χ4n) is 3.06. The molecule has 2 aromatic rings. The van der Waals surface area contributed by atoms with Gasteiger partial charge in [0.05, 0.1) is 18.0 Å². The molecule has 126 valence electrons. The van der Waals surface area contributed by atoms with Crippen molar-refractivity contribution in [2.75, 3.05) is 0 Å². The van der Waals surface area contributed by atoms with Crippen LogP contribution in [0.3, 0.4) is 0 Å². The second-order valence-corrected chi connectivity index (χ2v) is 7.33. The molecule has 2 heterocycles. The van der Waals surface area contributed by atoms with E-state index in [1.807, 2.05) is 26.0 Å². The van der Waals surface area contributed by atoms with Crippen LogP contribution in [0, 0.1) is 19.3 Å². The van der Waals surface area contributed by atoms with Crippen molar-refractivity contribution in [2.45, 2.75) is 59.9 Å². The number of rotatable bonds is 5. The summed E-state index contributed by atoms with van der Waals surface area (Å²) in [5.74, 6) is 0.925. The van der Waals surface area contributed by atoms with Crippen molar-refractivity contribution in [3.63, 3.8) is 0 Å². The van der Waals surface area contributed by atoms with Crippen LogP contribution in [0.1, 0.15) is 68.8 Å². The van der Waals surface area contributed by atoms with E-state index in [-0.39, 0.29) is 23.3 Å². The van der Waals surface area contributed by atoms with Crippen LogP contribution in [-0.2, 0) is 4.79 Å². The van der Waals surface area contributed by atoms with E-state index in [1.165, 1.54) is 0 Å². The Labute approximate surface area is 137 Å². The molecule has 2 atom stereocenters. The molecule has 0 radical (unpaired) electrons. The lowest BCUT2D eigenvalue weighted by atomic mass is 9.85. The standard InChI is InChI=1S/C18H27N3O2/c1-11(16-12(2)20-21-13(16)3)10-15(22)19-17(18(4,5)6)14-8-7-9-23-14/h7-9,11,17H,10H2,1-6H3,(H,19,22)(H,20,21)/t11-,17+/m1/s1. The lowest BCUT2D eigenvalue weighted by Gasteiger charge is -2.30. The first-order chi connectivity index (χ1) is 10.7. The van der Waals surface area contributed by atoms with Gasteiger partial charge in [-0.05, 0) is 42.9 Å². The summed E-state index contributed by atoms with van der Waals surface area (Å²) in [7, 11) is 0. The number of carbonyl (C=O) groups excluding carboxylic acids is 1. The molecule has 2 rings (SSSR count). The first kappa shape index (κ1) is 17.3. The lowest BCUT2D eigenvalue weighted by molar-refractivity contribution is -0.123. The number of aromatic amines is 1. The maximum Gasteiger partial charge on any atom is 0.221 e. The normalized spacial score (nSPS) is 14.5. The number of H-pyrrole nitrogens is 1. The van der Waals surface area contributed by atoms with Crippen molar-refractivity contribution in [1.82, 2.24) is 15.5 Å². The van der Waals surface area contributed by atoms with Crippen molar-refractivity contribution in [3.05, 3.63) is 41.1 Å². The van der Waals surface area contributed by atoms with Gasteiger partial charge in [0.25, 0.3) is 0 Å². The van der Waals surface area contributed by atoms with Crippen molar-refractivity contribution >= 4 is 5.91 Å². The SMILES string of the molecule is Cc1n[nH]c(C)c1[C@H](C)CC(=O)N[C@@H](c1ccco1)C(C)(C)C. The van der Waals surface area contributed by atoms with Gasteiger partial charge in [0.1, 0.15) is 5.76 Å². The number of hydrogen-bond donors (Lipinski definition) is 2. The van der Waals surface area contributed by atoms with Gasteiger partial charge < -0.3 is 9.73 Å². The monoisotopic (exact) mass is 317 g/mol. The molecule has 0 fully saturated rings. The molecule has 0 aliphatic carbocycles. The Hall–Kier alpha value is -2.04. The number of nitrogens with zero attached hydrogens (tertiary/aromatic N) is 1. The van der Waals surface area contributed by atoms with Gasteiger partial charge in [0.15, 0.2) is 0 Å². The van der Waals surface area contributed by atoms with Crippen LogP contribution in [0.15, 0.2) is 22.8 Å². The molecule has 0 aliphatic heterocycles. The van der Waals surface area contributed by atoms with Crippen LogP contribution < -0.4 is 5.32 Å². The molecule has 5 heteroatoms. The van der Waals surface area contributed by atoms with E-state index in [0.717, 1.165) is 22.7 Å². The minimum Gasteiger partial charge on any atom is -0.467 e. The van der Waals surface area contributed by atoms with Gasteiger partial charge in [0.2, 0.25) is 5.91 Å². The number of aromatic nitrogens is 2. The number of furan rings is 1. The Kier molecular flexibility index (Phi) is 4.97. The first-order valence-corrected chi connectivity index (χ1v) is 8.04. The molecule has 2 aromatic heterocycles. The van der Waals surface area contributed by atoms with E-state index in [9.17, 15) is 4.79 Å². The van der Waals surface area contributed by atoms with Gasteiger partial charge >= 0.3 is 0 Å². The highest BCUT2D eigenvalue weighted by Gasteiger charge is 2.30. The summed E-state index contributed by atoms with van der Waals surface area (Å²) in [6.07, 6.45) is 2.07. The molecule has 0 unspecified atom stereocenters. The second kappa shape index (κ2) is 6.60. The van der Waals surface area contributed by atoms with E-state index in [0.29, 0.717) is 6.42 Å². The van der Waals surface area contributed by atoms with Gasteiger partial charge in [0, 0.05) is 12.1 Å². The molecule has 1 amide bonds. The van der Waals surface area contributed by atoms with Crippen molar-refractivity contribution in [2.24, 2.45) is 5.41 Å². The van der Waals surface area contributed by atoms with Gasteiger partial charge in [-0.15, -0.1) is 0 Å². The largest absolute Gasteiger partial charge is 0.467 e. The maximum absolute atomic E-state index is 12.5. The summed E-state index contributed by atoms with van der Waals surface area (Å²) in [5.41, 5.74) is 2.99. The highest BCUT2D eigenvalue weighted by molar-refractivity contribution is 5.77. The van der Waals surface area contributed by atoms with E-state index in [4.69, 9.17) is 4.42 Å². The molecule has 0 aromatic carbocycles.